The SMILES string of the molecule is C#CC#CC#CC#CC#CC#CC#CC#CC#CC#CC#CC#CC#CC#CC#CC#CC#CC#CC#CC#CC#CC#CC#CC#CC#CC#CC#CC#CC#CC.CNCCN1C(=O)C=CC1=O. The van der Waals surface area contributed by atoms with Gasteiger partial charge in [0, 0.05) is 262 Å². The van der Waals surface area contributed by atoms with Crippen LogP contribution in [0.4, 0.5) is 0 Å². The second kappa shape index (κ2) is 49.4. The zero-order valence-corrected chi connectivity index (χ0v) is 36.4. The first kappa shape index (κ1) is 56.1. The number of hydrogen-bond donors (Lipinski definition) is 1. The van der Waals surface area contributed by atoms with E-state index in [1.54, 1.807) is 14.0 Å². The lowest BCUT2D eigenvalue weighted by atomic mass is 10.4. The number of carbonyl (C=O) groups excluding carboxylic acids is 2. The fraction of sp³-hybridized carbons (Fsp3) is 0.0606. The van der Waals surface area contributed by atoms with Crippen molar-refractivity contribution in [1.29, 1.82) is 0 Å². The van der Waals surface area contributed by atoms with E-state index >= 15 is 0 Å². The topological polar surface area (TPSA) is 49.4 Å². The van der Waals surface area contributed by atoms with Crippen LogP contribution in [0.2, 0.25) is 0 Å². The van der Waals surface area contributed by atoms with Crippen LogP contribution >= 0.6 is 0 Å². The predicted octanol–water partition coefficient (Wildman–Crippen LogP) is -0.135. The van der Waals surface area contributed by atoms with Crippen LogP contribution in [0, 0.1) is 344 Å². The normalized spacial score (nSPS) is 5.93. The number of nitrogens with zero attached hydrogens (tertiary/aromatic N) is 1. The van der Waals surface area contributed by atoms with Gasteiger partial charge in [0.15, 0.2) is 0 Å². The van der Waals surface area contributed by atoms with Crippen LogP contribution in [0.15, 0.2) is 12.2 Å². The molecule has 0 aromatic rings. The van der Waals surface area contributed by atoms with E-state index in [-0.39, 0.29) is 11.8 Å². The highest BCUT2D eigenvalue weighted by Gasteiger charge is 2.21. The molecular formula is C66H14N2O2. The summed E-state index contributed by atoms with van der Waals surface area (Å²) in [7, 11) is 1.78. The van der Waals surface area contributed by atoms with E-state index in [0.717, 1.165) is 0 Å². The second-order valence-corrected chi connectivity index (χ2v) is 9.53. The fourth-order valence-electron chi connectivity index (χ4n) is 2.63. The van der Waals surface area contributed by atoms with Crippen LogP contribution in [-0.2, 0) is 9.59 Å². The quantitative estimate of drug-likeness (QED) is 0.318. The third kappa shape index (κ3) is 43.7. The Balaban J connectivity index is 0.00000377. The molecule has 0 aromatic carbocycles. The van der Waals surface area contributed by atoms with E-state index < -0.39 is 0 Å². The van der Waals surface area contributed by atoms with E-state index in [4.69, 9.17) is 6.42 Å². The highest BCUT2D eigenvalue weighted by Crippen LogP contribution is 2.01. The van der Waals surface area contributed by atoms with Crippen LogP contribution in [0.3, 0.4) is 0 Å². The second-order valence-electron chi connectivity index (χ2n) is 9.53. The Kier molecular flexibility index (Phi) is 39.6. The zero-order valence-electron chi connectivity index (χ0n) is 36.4. The molecule has 4 nitrogen and oxygen atoms in total. The van der Waals surface area contributed by atoms with Crippen LogP contribution in [0.1, 0.15) is 6.92 Å². The van der Waals surface area contributed by atoms with Gasteiger partial charge in [-0.25, -0.2) is 0 Å². The lowest BCUT2D eigenvalue weighted by Crippen LogP contribution is -2.35. The Morgan fingerprint density at radius 2 is 0.471 bits per heavy atom. The van der Waals surface area contributed by atoms with Gasteiger partial charge in [-0.1, -0.05) is 5.92 Å². The Morgan fingerprint density at radius 3 is 0.614 bits per heavy atom. The standard InChI is InChI=1S/C59H4.C7H10N2O2/c1-3-5-7-9-11-13-15-17-19-21-23-25-27-29-31-33-35-37-39-41-43-45-47-49-51-53-55-57-59-58-56-54-52-50-48-46-44-42-40-38-36-34-32-30-28-26-24-22-20-18-16-14-12-10-8-6-4-2;1-8-4-5-9-6(10)2-3-7(9)11/h1H,2H3;2-3,8H,4-5H2,1H3. The summed E-state index contributed by atoms with van der Waals surface area (Å²) in [5, 5.41) is 2.86. The first-order chi connectivity index (χ1) is 34.7. The maximum Gasteiger partial charge on any atom is 0.253 e. The molecule has 4 heteroatoms. The molecule has 1 heterocycles. The molecule has 0 atom stereocenters. The van der Waals surface area contributed by atoms with Gasteiger partial charge in [0.25, 0.3) is 11.8 Å². The molecule has 1 rings (SSSR count). The molecule has 0 aromatic heterocycles. The minimum absolute atomic E-state index is 0.217. The largest absolute Gasteiger partial charge is 0.318 e. The highest BCUT2D eigenvalue weighted by molar-refractivity contribution is 6.12. The third-order valence-electron chi connectivity index (χ3n) is 5.06. The molecule has 0 unspecified atom stereocenters. The Hall–Kier alpha value is -13.9. The van der Waals surface area contributed by atoms with Gasteiger partial charge in [0.1, 0.15) is 0 Å². The summed E-state index contributed by atoms with van der Waals surface area (Å²) in [5.74, 6) is 141. The summed E-state index contributed by atoms with van der Waals surface area (Å²) in [6.07, 6.45) is 7.52. The Labute approximate surface area is 412 Å². The summed E-state index contributed by atoms with van der Waals surface area (Å²) in [5.41, 5.74) is 0. The molecule has 0 saturated heterocycles. The van der Waals surface area contributed by atoms with Crippen molar-refractivity contribution in [3.63, 3.8) is 0 Å². The van der Waals surface area contributed by atoms with Crippen LogP contribution in [0.5, 0.6) is 0 Å². The van der Waals surface area contributed by atoms with Crippen LogP contribution in [-0.4, -0.2) is 36.9 Å². The zero-order chi connectivity index (χ0) is 50.6. The molecule has 0 bridgehead atoms. The first-order valence-electron chi connectivity index (χ1n) is 18.2. The van der Waals surface area contributed by atoms with Gasteiger partial charge in [-0.05, 0) is 109 Å². The van der Waals surface area contributed by atoms with Crippen molar-refractivity contribution in [1.82, 2.24) is 10.2 Å². The van der Waals surface area contributed by atoms with E-state index in [0.29, 0.717) is 13.1 Å². The number of nitrogens with one attached hydrogen (secondary N) is 1. The van der Waals surface area contributed by atoms with Crippen molar-refractivity contribution < 1.29 is 9.59 Å². The highest BCUT2D eigenvalue weighted by atomic mass is 16.2. The summed E-state index contributed by atoms with van der Waals surface area (Å²) in [6.45, 7) is 2.77. The molecule has 0 aliphatic carbocycles. The van der Waals surface area contributed by atoms with Gasteiger partial charge >= 0.3 is 0 Å². The maximum absolute atomic E-state index is 10.9. The van der Waals surface area contributed by atoms with Crippen molar-refractivity contribution >= 4 is 11.8 Å². The van der Waals surface area contributed by atoms with Crippen molar-refractivity contribution in [3.05, 3.63) is 12.2 Å². The van der Waals surface area contributed by atoms with Gasteiger partial charge < -0.3 is 5.32 Å². The molecule has 2 amide bonds. The number of terminal acetylenes is 1. The molecule has 300 valence electrons. The molecular weight excluding hydrogens is 853 g/mol. The summed E-state index contributed by atoms with van der Waals surface area (Å²) in [4.78, 5) is 23.0. The predicted molar refractivity (Wildman–Crippen MR) is 272 cm³/mol. The van der Waals surface area contributed by atoms with E-state index in [1.165, 1.54) is 17.1 Å². The summed E-state index contributed by atoms with van der Waals surface area (Å²) >= 11 is 0. The summed E-state index contributed by atoms with van der Waals surface area (Å²) < 4.78 is 0. The summed E-state index contributed by atoms with van der Waals surface area (Å²) in [6, 6.07) is 0. The van der Waals surface area contributed by atoms with Gasteiger partial charge in [-0.3, -0.25) is 14.5 Å². The van der Waals surface area contributed by atoms with Crippen LogP contribution in [0.25, 0.3) is 0 Å². The average Bonchev–Trinajstić information content (AvgIpc) is 3.69. The van der Waals surface area contributed by atoms with Crippen molar-refractivity contribution in [3.8, 4) is 344 Å². The minimum atomic E-state index is -0.217. The molecule has 0 spiro atoms. The monoisotopic (exact) mass is 866 g/mol. The van der Waals surface area contributed by atoms with Crippen molar-refractivity contribution in [2.75, 3.05) is 20.1 Å². The fourth-order valence-corrected chi connectivity index (χ4v) is 2.63. The molecule has 1 aliphatic heterocycles. The number of carbonyl (C=O) groups is 2. The number of hydrogen-bond acceptors (Lipinski definition) is 3. The van der Waals surface area contributed by atoms with E-state index in [9.17, 15) is 9.59 Å². The van der Waals surface area contributed by atoms with Crippen molar-refractivity contribution in [2.24, 2.45) is 0 Å². The van der Waals surface area contributed by atoms with Gasteiger partial charge in [-0.2, -0.15) is 0 Å². The van der Waals surface area contributed by atoms with E-state index in [2.05, 4.69) is 343 Å². The number of amides is 2. The smallest absolute Gasteiger partial charge is 0.253 e. The molecule has 1 N–H and O–H groups in total. The first-order valence-corrected chi connectivity index (χ1v) is 18.2. The van der Waals surface area contributed by atoms with Gasteiger partial charge in [0.2, 0.25) is 0 Å². The Bertz CT molecular complexity index is 4160. The Morgan fingerprint density at radius 1 is 0.314 bits per heavy atom. The number of likely N-dealkylation sites (N-methyl/N-ethyl adjacent to an activating group) is 1. The third-order valence-corrected chi connectivity index (χ3v) is 5.06. The number of imide groups is 1. The lowest BCUT2D eigenvalue weighted by molar-refractivity contribution is -0.136. The molecule has 1 aliphatic rings. The molecule has 0 saturated carbocycles. The average molecular weight is 867 g/mol. The minimum Gasteiger partial charge on any atom is -0.318 e. The molecule has 0 radical (unpaired) electrons. The van der Waals surface area contributed by atoms with Gasteiger partial charge in [-0.15, -0.1) is 6.42 Å². The van der Waals surface area contributed by atoms with Gasteiger partial charge in [0.05, 0.1) is 0 Å². The molecule has 70 heavy (non-hydrogen) atoms. The number of rotatable bonds is 3. The molecule has 0 fully saturated rings. The van der Waals surface area contributed by atoms with Crippen molar-refractivity contribution in [2.45, 2.75) is 6.92 Å². The van der Waals surface area contributed by atoms with Crippen LogP contribution < -0.4 is 5.32 Å². The maximum atomic E-state index is 10.9. The van der Waals surface area contributed by atoms with E-state index in [1.807, 2.05) is 0 Å². The lowest BCUT2D eigenvalue weighted by Gasteiger charge is -2.12.